The number of benzene rings is 3. The summed E-state index contributed by atoms with van der Waals surface area (Å²) in [5, 5.41) is 41.1. The van der Waals surface area contributed by atoms with Gasteiger partial charge in [0.2, 0.25) is 0 Å². The number of aliphatic hydroxyl groups excluding tert-OH is 3. The van der Waals surface area contributed by atoms with Gasteiger partial charge in [-0.05, 0) is 53.9 Å². The number of alkyl halides is 2. The van der Waals surface area contributed by atoms with Crippen LogP contribution in [0.25, 0.3) is 11.1 Å². The Bertz CT molecular complexity index is 1770. The third-order valence-electron chi connectivity index (χ3n) is 7.73. The van der Waals surface area contributed by atoms with Crippen LogP contribution in [0.2, 0.25) is 5.02 Å². The van der Waals surface area contributed by atoms with E-state index in [0.29, 0.717) is 52.5 Å². The van der Waals surface area contributed by atoms with Gasteiger partial charge in [0.1, 0.15) is 37.4 Å². The van der Waals surface area contributed by atoms with Crippen LogP contribution in [-0.4, -0.2) is 58.9 Å². The van der Waals surface area contributed by atoms with Gasteiger partial charge >= 0.3 is 6.11 Å². The molecule has 1 aliphatic heterocycles. The number of nitriles is 1. The van der Waals surface area contributed by atoms with Crippen molar-refractivity contribution in [2.24, 2.45) is 0 Å². The van der Waals surface area contributed by atoms with Crippen molar-refractivity contribution in [3.05, 3.63) is 99.8 Å². The van der Waals surface area contributed by atoms with E-state index in [-0.39, 0.29) is 40.8 Å². The summed E-state index contributed by atoms with van der Waals surface area (Å²) >= 11 is 6.48. The summed E-state index contributed by atoms with van der Waals surface area (Å²) in [6.07, 6.45) is -0.955. The lowest BCUT2D eigenvalue weighted by Crippen LogP contribution is -2.54. The van der Waals surface area contributed by atoms with Gasteiger partial charge in [-0.1, -0.05) is 29.8 Å². The molecule has 0 aliphatic carbocycles. The zero-order valence-electron chi connectivity index (χ0n) is 25.3. The van der Waals surface area contributed by atoms with Gasteiger partial charge in [-0.2, -0.15) is 14.0 Å². The maximum Gasteiger partial charge on any atom is 0.427 e. The number of pyridine rings is 1. The molecule has 2 heterocycles. The maximum atomic E-state index is 16.0. The van der Waals surface area contributed by atoms with Crippen molar-refractivity contribution in [1.29, 1.82) is 5.26 Å². The van der Waals surface area contributed by atoms with Gasteiger partial charge in [-0.3, -0.25) is 4.98 Å². The second-order valence-corrected chi connectivity index (χ2v) is 11.3. The number of nitrogens with one attached hydrogen (secondary N) is 1. The predicted octanol–water partition coefficient (Wildman–Crippen LogP) is 4.87. The smallest absolute Gasteiger partial charge is 0.427 e. The van der Waals surface area contributed by atoms with Gasteiger partial charge in [-0.25, -0.2) is 0 Å². The minimum atomic E-state index is -3.83. The van der Waals surface area contributed by atoms with E-state index in [1.807, 2.05) is 6.07 Å². The molecule has 4 aromatic rings. The van der Waals surface area contributed by atoms with Gasteiger partial charge < -0.3 is 39.6 Å². The zero-order valence-corrected chi connectivity index (χ0v) is 26.1. The van der Waals surface area contributed by atoms with Crippen molar-refractivity contribution in [2.75, 3.05) is 33.0 Å². The minimum absolute atomic E-state index is 0.0828. The lowest BCUT2D eigenvalue weighted by Gasteiger charge is -2.29. The second kappa shape index (κ2) is 14.5. The Hall–Kier alpha value is -4.51. The minimum Gasteiger partial charge on any atom is -0.488 e. The number of hydrogen-bond donors (Lipinski definition) is 4. The molecule has 0 bridgehead atoms. The highest BCUT2D eigenvalue weighted by molar-refractivity contribution is 6.32. The van der Waals surface area contributed by atoms with Gasteiger partial charge in [0.25, 0.3) is 0 Å². The first-order chi connectivity index (χ1) is 22.6. The lowest BCUT2D eigenvalue weighted by atomic mass is 9.95. The van der Waals surface area contributed by atoms with E-state index < -0.39 is 31.5 Å². The third kappa shape index (κ3) is 7.56. The number of halogens is 3. The normalized spacial score (nSPS) is 12.8. The van der Waals surface area contributed by atoms with Crippen molar-refractivity contribution in [2.45, 2.75) is 31.7 Å². The van der Waals surface area contributed by atoms with Crippen LogP contribution in [0.15, 0.2) is 67.0 Å². The number of ether oxygens (including phenoxy) is 4. The summed E-state index contributed by atoms with van der Waals surface area (Å²) in [5.74, 6) is 0.818. The zero-order chi connectivity index (χ0) is 33.6. The van der Waals surface area contributed by atoms with Gasteiger partial charge in [-0.15, -0.1) is 0 Å². The van der Waals surface area contributed by atoms with E-state index in [2.05, 4.69) is 10.3 Å². The van der Waals surface area contributed by atoms with E-state index in [1.165, 1.54) is 36.7 Å². The van der Waals surface area contributed by atoms with E-state index in [9.17, 15) is 20.6 Å². The van der Waals surface area contributed by atoms with Crippen LogP contribution in [-0.2, 0) is 19.3 Å². The highest BCUT2D eigenvalue weighted by atomic mass is 35.5. The first-order valence-corrected chi connectivity index (χ1v) is 14.9. The van der Waals surface area contributed by atoms with E-state index >= 15 is 8.78 Å². The summed E-state index contributed by atoms with van der Waals surface area (Å²) in [6, 6.07) is 15.9. The molecule has 47 heavy (non-hydrogen) atoms. The van der Waals surface area contributed by atoms with Crippen molar-refractivity contribution < 1.29 is 43.0 Å². The van der Waals surface area contributed by atoms with Gasteiger partial charge in [0, 0.05) is 36.1 Å². The van der Waals surface area contributed by atoms with Crippen LogP contribution in [0, 0.1) is 18.3 Å². The Morgan fingerprint density at radius 2 is 1.72 bits per heavy atom. The molecule has 1 aromatic heterocycles. The second-order valence-electron chi connectivity index (χ2n) is 10.9. The monoisotopic (exact) mass is 667 g/mol. The van der Waals surface area contributed by atoms with Crippen molar-refractivity contribution in [3.8, 4) is 40.2 Å². The molecule has 0 saturated carbocycles. The van der Waals surface area contributed by atoms with Crippen LogP contribution >= 0.6 is 11.6 Å². The Kier molecular flexibility index (Phi) is 10.4. The number of nitrogens with zero attached hydrogens (tertiary/aromatic N) is 2. The fourth-order valence-electron chi connectivity index (χ4n) is 4.98. The average molecular weight is 668 g/mol. The Balaban J connectivity index is 1.46. The molecule has 1 aliphatic rings. The number of hydrogen-bond acceptors (Lipinski definition) is 10. The molecule has 4 N–H and O–H groups in total. The van der Waals surface area contributed by atoms with Gasteiger partial charge in [0.05, 0.1) is 41.5 Å². The molecular formula is C34H32ClF2N3O7. The number of aliphatic hydroxyl groups is 3. The maximum absolute atomic E-state index is 16.0. The molecule has 0 radical (unpaired) electrons. The summed E-state index contributed by atoms with van der Waals surface area (Å²) in [4.78, 5) is 4.01. The van der Waals surface area contributed by atoms with Crippen LogP contribution in [0.4, 0.5) is 8.78 Å². The molecular weight excluding hydrogens is 636 g/mol. The molecule has 0 atom stereocenters. The van der Waals surface area contributed by atoms with Crippen LogP contribution in [0.3, 0.4) is 0 Å². The van der Waals surface area contributed by atoms with Crippen LogP contribution in [0.1, 0.15) is 27.8 Å². The molecule has 0 spiro atoms. The summed E-state index contributed by atoms with van der Waals surface area (Å²) < 4.78 is 54.4. The Morgan fingerprint density at radius 1 is 0.979 bits per heavy atom. The Labute approximate surface area is 274 Å². The molecule has 0 amide bonds. The molecule has 5 rings (SSSR count). The quantitative estimate of drug-likeness (QED) is 0.156. The number of rotatable bonds is 13. The fourth-order valence-corrected chi connectivity index (χ4v) is 5.21. The molecule has 0 unspecified atom stereocenters. The number of fused-ring (bicyclic) bond motifs is 1. The highest BCUT2D eigenvalue weighted by Crippen LogP contribution is 2.42. The molecule has 0 saturated heterocycles. The van der Waals surface area contributed by atoms with Crippen molar-refractivity contribution >= 4 is 11.6 Å². The average Bonchev–Trinajstić information content (AvgIpc) is 3.09. The first-order valence-electron chi connectivity index (χ1n) is 14.6. The summed E-state index contributed by atoms with van der Waals surface area (Å²) in [7, 11) is 0. The van der Waals surface area contributed by atoms with Crippen LogP contribution in [0.5, 0.6) is 23.0 Å². The topological polar surface area (TPSA) is 146 Å². The van der Waals surface area contributed by atoms with Crippen molar-refractivity contribution in [1.82, 2.24) is 10.3 Å². The molecule has 13 heteroatoms. The fraction of sp³-hybridized carbons (Fsp3) is 0.294. The predicted molar refractivity (Wildman–Crippen MR) is 168 cm³/mol. The number of aromatic nitrogens is 1. The Morgan fingerprint density at radius 3 is 2.45 bits per heavy atom. The standard InChI is InChI=1S/C34H32ClF2N3O7/c1-21-26(24-5-6-29-32(11-24)45-8-7-44-29)3-2-4-27(21)34(36,37)47-31-12-30(46-17-23-9-22(13-38)14-39-15-23)25(10-28(31)35)16-40-33(18-41,19-42)20-43/h2-6,9-12,14-15,40-43H,7-8,16-20H2,1H3. The van der Waals surface area contributed by atoms with E-state index in [0.717, 1.165) is 0 Å². The lowest BCUT2D eigenvalue weighted by molar-refractivity contribution is -0.185. The van der Waals surface area contributed by atoms with Crippen LogP contribution < -0.4 is 24.3 Å². The largest absolute Gasteiger partial charge is 0.488 e. The summed E-state index contributed by atoms with van der Waals surface area (Å²) in [6.45, 7) is 0.449. The summed E-state index contributed by atoms with van der Waals surface area (Å²) in [5.41, 5.74) is 0.867. The molecule has 0 fully saturated rings. The van der Waals surface area contributed by atoms with Gasteiger partial charge in [0.15, 0.2) is 11.5 Å². The SMILES string of the molecule is Cc1c(-c2ccc3c(c2)OCCO3)cccc1C(F)(F)Oc1cc(OCc2cncc(C#N)c2)c(CNC(CO)(CO)CO)cc1Cl. The van der Waals surface area contributed by atoms with E-state index in [4.69, 9.17) is 30.5 Å². The van der Waals surface area contributed by atoms with Crippen molar-refractivity contribution in [3.63, 3.8) is 0 Å². The highest BCUT2D eigenvalue weighted by Gasteiger charge is 2.38. The first kappa shape index (κ1) is 33.8. The molecule has 246 valence electrons. The molecule has 3 aromatic carbocycles. The van der Waals surface area contributed by atoms with E-state index in [1.54, 1.807) is 37.3 Å². The molecule has 10 nitrogen and oxygen atoms in total. The third-order valence-corrected chi connectivity index (χ3v) is 8.03.